The van der Waals surface area contributed by atoms with E-state index in [1.54, 1.807) is 0 Å². The summed E-state index contributed by atoms with van der Waals surface area (Å²) in [4.78, 5) is 4.83. The van der Waals surface area contributed by atoms with E-state index in [0.717, 1.165) is 0 Å². The third-order valence-corrected chi connectivity index (χ3v) is 9.22. The van der Waals surface area contributed by atoms with E-state index in [0.29, 0.717) is 12.8 Å². The molecule has 0 amide bonds. The fourth-order valence-electron chi connectivity index (χ4n) is 6.43. The maximum absolute atomic E-state index is 11.0. The predicted molar refractivity (Wildman–Crippen MR) is 158 cm³/mol. The van der Waals surface area contributed by atoms with Gasteiger partial charge in [0.1, 0.15) is 61.0 Å². The summed E-state index contributed by atoms with van der Waals surface area (Å²) < 4.78 is 34.7. The van der Waals surface area contributed by atoms with Crippen LogP contribution in [0.2, 0.25) is 0 Å². The van der Waals surface area contributed by atoms with Crippen molar-refractivity contribution in [2.75, 3.05) is 6.79 Å². The molecule has 1 saturated heterocycles. The van der Waals surface area contributed by atoms with Gasteiger partial charge < -0.3 is 92.8 Å². The molecule has 0 aromatic carbocycles. The number of rotatable bonds is 11. The van der Waals surface area contributed by atoms with E-state index >= 15 is 0 Å². The molecule has 0 aromatic heterocycles. The van der Waals surface area contributed by atoms with Gasteiger partial charge in [-0.2, -0.15) is 0 Å². The van der Waals surface area contributed by atoms with Crippen molar-refractivity contribution in [3.05, 3.63) is 11.5 Å². The van der Waals surface area contributed by atoms with Gasteiger partial charge >= 0.3 is 0 Å². The van der Waals surface area contributed by atoms with Crippen molar-refractivity contribution in [1.82, 2.24) is 0 Å². The van der Waals surface area contributed by atoms with Crippen molar-refractivity contribution in [2.45, 2.75) is 149 Å². The van der Waals surface area contributed by atoms with Crippen LogP contribution in [0.4, 0.5) is 0 Å². The summed E-state index contributed by atoms with van der Waals surface area (Å²) >= 11 is 0. The van der Waals surface area contributed by atoms with Crippen molar-refractivity contribution in [3.63, 3.8) is 0 Å². The second-order valence-electron chi connectivity index (χ2n) is 12.8. The molecule has 2 heterocycles. The molecular weight excluding hydrogens is 632 g/mol. The fraction of sp³-hybridized carbons (Fsp3) is 0.926. The van der Waals surface area contributed by atoms with Gasteiger partial charge in [0.2, 0.25) is 0 Å². The lowest BCUT2D eigenvalue weighted by Gasteiger charge is -2.47. The van der Waals surface area contributed by atoms with Crippen molar-refractivity contribution >= 4 is 0 Å². The second-order valence-corrected chi connectivity index (χ2v) is 12.8. The van der Waals surface area contributed by atoms with Crippen LogP contribution < -0.4 is 34.6 Å². The summed E-state index contributed by atoms with van der Waals surface area (Å²) in [5, 5.41) is 74.1. The molecular formula is C27H52N6O14. The zero-order chi connectivity index (χ0) is 34.9. The van der Waals surface area contributed by atoms with E-state index < -0.39 is 129 Å². The highest BCUT2D eigenvalue weighted by molar-refractivity contribution is 5.17. The lowest BCUT2D eigenvalue weighted by molar-refractivity contribution is -0.311. The van der Waals surface area contributed by atoms with Crippen molar-refractivity contribution in [2.24, 2.45) is 34.6 Å². The van der Waals surface area contributed by atoms with Crippen LogP contribution in [0.5, 0.6) is 0 Å². The van der Waals surface area contributed by atoms with Gasteiger partial charge in [0.25, 0.3) is 0 Å². The number of ether oxygens (including phenoxy) is 6. The number of aliphatic hydroxyl groups excluding tert-OH is 7. The predicted octanol–water partition coefficient (Wildman–Crippen LogP) is -6.37. The monoisotopic (exact) mass is 684 g/mol. The normalized spacial score (nSPS) is 47.8. The van der Waals surface area contributed by atoms with Crippen molar-refractivity contribution in [3.8, 4) is 0 Å². The molecule has 0 spiro atoms. The summed E-state index contributed by atoms with van der Waals surface area (Å²) in [5.41, 5.74) is 30.8. The molecule has 47 heavy (non-hydrogen) atoms. The second kappa shape index (κ2) is 16.1. The van der Waals surface area contributed by atoms with Gasteiger partial charge in [-0.3, -0.25) is 4.84 Å². The van der Waals surface area contributed by atoms with Crippen molar-refractivity contribution in [1.29, 1.82) is 0 Å². The summed E-state index contributed by atoms with van der Waals surface area (Å²) in [6.07, 6.45) is -16.9. The molecule has 4 aliphatic rings. The standard InChI is InChI=1S/C27H52N6O14/c1-7(34)20-18(39)24(13(31)26(43-20)45-22-9(28)3-4-12(47-33)16(22)37)41-6-42-25-14(32)27(44-21(8(2)35)19(25)40)46-23-11(30)5-10(29)15(36)17(23)38/h7-18,20-24,26-27,34-40H,3-6,28-33H2,1-2H3/t7?,8?,9?,10-,11?,12?,13?,14?,15?,16?,17?,18-,20?,21?,22+,23+,24?,26-,27-/m1/s1. The number of hydrogen-bond acceptors (Lipinski definition) is 20. The Bertz CT molecular complexity index is 1050. The first kappa shape index (κ1) is 38.4. The lowest BCUT2D eigenvalue weighted by Crippen LogP contribution is -2.67. The van der Waals surface area contributed by atoms with E-state index in [4.69, 9.17) is 67.8 Å². The fourth-order valence-corrected chi connectivity index (χ4v) is 6.43. The molecule has 0 bridgehead atoms. The molecule has 3 fully saturated rings. The molecule has 2 aliphatic carbocycles. The Morgan fingerprint density at radius 3 is 2.02 bits per heavy atom. The van der Waals surface area contributed by atoms with Crippen LogP contribution >= 0.6 is 0 Å². The summed E-state index contributed by atoms with van der Waals surface area (Å²) in [6, 6.07) is -4.83. The van der Waals surface area contributed by atoms with E-state index in [2.05, 4.69) is 0 Å². The first-order valence-electron chi connectivity index (χ1n) is 15.6. The third kappa shape index (κ3) is 8.17. The molecule has 0 aromatic rings. The van der Waals surface area contributed by atoms with Crippen molar-refractivity contribution < 1.29 is 69.0 Å². The first-order chi connectivity index (χ1) is 22.1. The van der Waals surface area contributed by atoms with Gasteiger partial charge in [0, 0.05) is 18.1 Å². The minimum atomic E-state index is -1.50. The Hall–Kier alpha value is -1.38. The Morgan fingerprint density at radius 1 is 0.766 bits per heavy atom. The van der Waals surface area contributed by atoms with Gasteiger partial charge in [-0.25, -0.2) is 5.90 Å². The molecule has 2 saturated carbocycles. The topological polar surface area (TPSA) is 362 Å². The van der Waals surface area contributed by atoms with Crippen LogP contribution in [0, 0.1) is 0 Å². The number of hydrogen-bond donors (Lipinski definition) is 13. The minimum Gasteiger partial charge on any atom is -0.506 e. The molecule has 2 aliphatic heterocycles. The van der Waals surface area contributed by atoms with E-state index in [1.165, 1.54) is 13.8 Å². The highest BCUT2D eigenvalue weighted by atomic mass is 16.7. The van der Waals surface area contributed by atoms with Crippen LogP contribution in [-0.4, -0.2) is 159 Å². The summed E-state index contributed by atoms with van der Waals surface area (Å²) in [7, 11) is 0. The molecule has 0 radical (unpaired) electrons. The largest absolute Gasteiger partial charge is 0.506 e. The number of nitrogens with two attached hydrogens (primary N) is 6. The van der Waals surface area contributed by atoms with Gasteiger partial charge in [0.05, 0.1) is 24.4 Å². The maximum atomic E-state index is 11.0. The van der Waals surface area contributed by atoms with Crippen LogP contribution in [0.15, 0.2) is 11.5 Å². The Morgan fingerprint density at radius 2 is 1.40 bits per heavy atom. The van der Waals surface area contributed by atoms with Crippen LogP contribution in [-0.2, 0) is 33.3 Å². The zero-order valence-electron chi connectivity index (χ0n) is 26.3. The highest BCUT2D eigenvalue weighted by Gasteiger charge is 2.51. The quantitative estimate of drug-likeness (QED) is 0.0710. The summed E-state index contributed by atoms with van der Waals surface area (Å²) in [6.45, 7) is 2.02. The SMILES string of the molecule is CC(O)C1O[C@H](O[C@H]2C(N)C[C@@H](N)C(O)C2O)C(N)C(OCOC2C(N)[C@@H](O[C@H]3C(N)CCC(ON)C3O)OC(C(C)O)[C@H]2O)=C1O. The van der Waals surface area contributed by atoms with E-state index in [9.17, 15) is 35.7 Å². The van der Waals surface area contributed by atoms with Gasteiger partial charge in [-0.15, -0.1) is 0 Å². The van der Waals surface area contributed by atoms with Gasteiger partial charge in [-0.05, 0) is 33.1 Å². The third-order valence-electron chi connectivity index (χ3n) is 9.22. The Balaban J connectivity index is 1.47. The van der Waals surface area contributed by atoms with E-state index in [-0.39, 0.29) is 12.2 Å². The smallest absolute Gasteiger partial charge is 0.189 e. The van der Waals surface area contributed by atoms with Crippen LogP contribution in [0.3, 0.4) is 0 Å². The average molecular weight is 685 g/mol. The molecule has 20 heteroatoms. The van der Waals surface area contributed by atoms with Crippen LogP contribution in [0.25, 0.3) is 0 Å². The first-order valence-corrected chi connectivity index (χ1v) is 15.6. The molecule has 13 unspecified atom stereocenters. The summed E-state index contributed by atoms with van der Waals surface area (Å²) in [5.74, 6) is 4.40. The molecule has 4 rings (SSSR count). The van der Waals surface area contributed by atoms with Crippen LogP contribution in [0.1, 0.15) is 33.1 Å². The van der Waals surface area contributed by atoms with Gasteiger partial charge in [-0.1, -0.05) is 0 Å². The Labute approximate surface area is 271 Å². The van der Waals surface area contributed by atoms with Gasteiger partial charge in [0.15, 0.2) is 30.9 Å². The number of aliphatic hydroxyl groups is 7. The molecule has 19 atom stereocenters. The van der Waals surface area contributed by atoms with E-state index in [1.807, 2.05) is 0 Å². The average Bonchev–Trinajstić information content (AvgIpc) is 3.01. The highest BCUT2D eigenvalue weighted by Crippen LogP contribution is 2.33. The molecule has 274 valence electrons. The zero-order valence-corrected chi connectivity index (χ0v) is 26.3. The molecule has 20 nitrogen and oxygen atoms in total. The molecule has 19 N–H and O–H groups in total. The maximum Gasteiger partial charge on any atom is 0.189 e. The lowest BCUT2D eigenvalue weighted by atomic mass is 9.84. The Kier molecular flexibility index (Phi) is 13.2. The minimum absolute atomic E-state index is 0.113.